The van der Waals surface area contributed by atoms with Gasteiger partial charge in [-0.2, -0.15) is 0 Å². The van der Waals surface area contributed by atoms with Crippen molar-refractivity contribution < 1.29 is 0 Å². The highest BCUT2D eigenvalue weighted by atomic mass is 14.8. The molecule has 1 N–H and O–H groups in total. The smallest absolute Gasteiger partial charge is 0.0323 e. The molecule has 0 aromatic heterocycles. The minimum atomic E-state index is 1.16. The van der Waals surface area contributed by atoms with E-state index in [0.717, 1.165) is 6.42 Å². The number of nitrogens with one attached hydrogen (secondary N) is 1. The second-order valence-electron chi connectivity index (χ2n) is 2.36. The van der Waals surface area contributed by atoms with Crippen LogP contribution in [0.4, 0.5) is 0 Å². The second kappa shape index (κ2) is 2.72. The second-order valence-corrected chi connectivity index (χ2v) is 2.36. The van der Waals surface area contributed by atoms with Gasteiger partial charge in [0, 0.05) is 12.7 Å². The summed E-state index contributed by atoms with van der Waals surface area (Å²) in [5.74, 6) is 0. The standard InChI is InChI=1S/C8H13N/c1-7-5-3-4-6-8(7)9-2/h6,9H,1,3-5H2,2H3. The van der Waals surface area contributed by atoms with Gasteiger partial charge in [-0.3, -0.25) is 0 Å². The molecule has 0 saturated carbocycles. The Morgan fingerprint density at radius 1 is 1.67 bits per heavy atom. The van der Waals surface area contributed by atoms with E-state index >= 15 is 0 Å². The highest BCUT2D eigenvalue weighted by Crippen LogP contribution is 2.19. The molecule has 1 nitrogen and oxygen atoms in total. The lowest BCUT2D eigenvalue weighted by Gasteiger charge is -2.14. The summed E-state index contributed by atoms with van der Waals surface area (Å²) in [6, 6.07) is 0. The van der Waals surface area contributed by atoms with E-state index in [2.05, 4.69) is 18.0 Å². The molecule has 0 spiro atoms. The predicted molar refractivity (Wildman–Crippen MR) is 40.1 cm³/mol. The summed E-state index contributed by atoms with van der Waals surface area (Å²) < 4.78 is 0. The van der Waals surface area contributed by atoms with E-state index in [0.29, 0.717) is 0 Å². The van der Waals surface area contributed by atoms with Crippen molar-refractivity contribution >= 4 is 0 Å². The predicted octanol–water partition coefficient (Wildman–Crippen LogP) is 1.83. The van der Waals surface area contributed by atoms with Crippen LogP contribution in [0.3, 0.4) is 0 Å². The quantitative estimate of drug-likeness (QED) is 0.561. The summed E-state index contributed by atoms with van der Waals surface area (Å²) >= 11 is 0. The molecule has 1 aliphatic carbocycles. The molecule has 1 rings (SSSR count). The maximum atomic E-state index is 3.94. The lowest BCUT2D eigenvalue weighted by Crippen LogP contribution is -2.10. The van der Waals surface area contributed by atoms with Crippen LogP contribution in [0.2, 0.25) is 0 Å². The van der Waals surface area contributed by atoms with Crippen LogP contribution in [0.15, 0.2) is 23.9 Å². The lowest BCUT2D eigenvalue weighted by atomic mass is 10.0. The first kappa shape index (κ1) is 6.40. The summed E-state index contributed by atoms with van der Waals surface area (Å²) in [5, 5.41) is 3.12. The Bertz CT molecular complexity index is 145. The van der Waals surface area contributed by atoms with Gasteiger partial charge in [0.25, 0.3) is 0 Å². The molecule has 0 amide bonds. The van der Waals surface area contributed by atoms with Crippen molar-refractivity contribution in [2.75, 3.05) is 7.05 Å². The fourth-order valence-electron chi connectivity index (χ4n) is 1.12. The normalized spacial score (nSPS) is 19.2. The van der Waals surface area contributed by atoms with Gasteiger partial charge < -0.3 is 5.32 Å². The molecule has 0 saturated heterocycles. The minimum Gasteiger partial charge on any atom is -0.388 e. The SMILES string of the molecule is C=C1CCCC=C1NC. The fourth-order valence-corrected chi connectivity index (χ4v) is 1.12. The van der Waals surface area contributed by atoms with Gasteiger partial charge in [0.15, 0.2) is 0 Å². The van der Waals surface area contributed by atoms with Gasteiger partial charge in [-0.05, 0) is 24.8 Å². The highest BCUT2D eigenvalue weighted by Gasteiger charge is 2.04. The zero-order chi connectivity index (χ0) is 6.69. The van der Waals surface area contributed by atoms with Gasteiger partial charge in [-0.15, -0.1) is 0 Å². The molecule has 0 fully saturated rings. The molecule has 0 unspecified atom stereocenters. The van der Waals surface area contributed by atoms with Crippen LogP contribution in [-0.2, 0) is 0 Å². The molecule has 9 heavy (non-hydrogen) atoms. The average Bonchev–Trinajstić information content (AvgIpc) is 1.89. The summed E-state index contributed by atoms with van der Waals surface area (Å²) in [6.07, 6.45) is 5.84. The van der Waals surface area contributed by atoms with Crippen LogP contribution in [0.25, 0.3) is 0 Å². The summed E-state index contributed by atoms with van der Waals surface area (Å²) in [6.45, 7) is 3.94. The van der Waals surface area contributed by atoms with Crippen molar-refractivity contribution in [2.24, 2.45) is 0 Å². The fraction of sp³-hybridized carbons (Fsp3) is 0.500. The summed E-state index contributed by atoms with van der Waals surface area (Å²) in [7, 11) is 1.95. The van der Waals surface area contributed by atoms with E-state index in [1.54, 1.807) is 0 Å². The Hall–Kier alpha value is -0.720. The molecule has 1 aliphatic rings. The van der Waals surface area contributed by atoms with Gasteiger partial charge in [0.1, 0.15) is 0 Å². The van der Waals surface area contributed by atoms with Crippen molar-refractivity contribution in [3.8, 4) is 0 Å². The molecule has 0 aromatic rings. The van der Waals surface area contributed by atoms with E-state index in [1.165, 1.54) is 24.1 Å². The van der Waals surface area contributed by atoms with Gasteiger partial charge in [-0.25, -0.2) is 0 Å². The van der Waals surface area contributed by atoms with E-state index in [9.17, 15) is 0 Å². The molecule has 0 radical (unpaired) electrons. The molecular formula is C8H13N. The van der Waals surface area contributed by atoms with Crippen LogP contribution in [0, 0.1) is 0 Å². The molecular weight excluding hydrogens is 110 g/mol. The van der Waals surface area contributed by atoms with Crippen LogP contribution < -0.4 is 5.32 Å². The molecule has 0 atom stereocenters. The van der Waals surface area contributed by atoms with Gasteiger partial charge in [-0.1, -0.05) is 12.7 Å². The molecule has 0 aliphatic heterocycles. The van der Waals surface area contributed by atoms with Gasteiger partial charge in [0.05, 0.1) is 0 Å². The van der Waals surface area contributed by atoms with Crippen molar-refractivity contribution in [3.05, 3.63) is 23.9 Å². The zero-order valence-electron chi connectivity index (χ0n) is 5.91. The maximum absolute atomic E-state index is 3.94. The maximum Gasteiger partial charge on any atom is 0.0323 e. The Morgan fingerprint density at radius 3 is 2.89 bits per heavy atom. The van der Waals surface area contributed by atoms with E-state index in [4.69, 9.17) is 0 Å². The van der Waals surface area contributed by atoms with Gasteiger partial charge in [0.2, 0.25) is 0 Å². The third-order valence-corrected chi connectivity index (χ3v) is 1.68. The Balaban J connectivity index is 2.64. The highest BCUT2D eigenvalue weighted by molar-refractivity contribution is 5.28. The first-order valence-corrected chi connectivity index (χ1v) is 3.40. The molecule has 50 valence electrons. The summed E-state index contributed by atoms with van der Waals surface area (Å²) in [5.41, 5.74) is 2.49. The third kappa shape index (κ3) is 1.35. The number of hydrogen-bond donors (Lipinski definition) is 1. The summed E-state index contributed by atoms with van der Waals surface area (Å²) in [4.78, 5) is 0. The number of hydrogen-bond acceptors (Lipinski definition) is 1. The van der Waals surface area contributed by atoms with Crippen molar-refractivity contribution in [2.45, 2.75) is 19.3 Å². The van der Waals surface area contributed by atoms with Gasteiger partial charge >= 0.3 is 0 Å². The first-order chi connectivity index (χ1) is 4.34. The Morgan fingerprint density at radius 2 is 2.44 bits per heavy atom. The Kier molecular flexibility index (Phi) is 1.93. The zero-order valence-corrected chi connectivity index (χ0v) is 5.91. The molecule has 0 bridgehead atoms. The number of rotatable bonds is 1. The van der Waals surface area contributed by atoms with E-state index in [-0.39, 0.29) is 0 Å². The van der Waals surface area contributed by atoms with Crippen LogP contribution >= 0.6 is 0 Å². The van der Waals surface area contributed by atoms with Crippen LogP contribution in [-0.4, -0.2) is 7.05 Å². The van der Waals surface area contributed by atoms with E-state index < -0.39 is 0 Å². The Labute approximate surface area is 56.5 Å². The minimum absolute atomic E-state index is 1.16. The monoisotopic (exact) mass is 123 g/mol. The average molecular weight is 123 g/mol. The molecule has 0 aromatic carbocycles. The van der Waals surface area contributed by atoms with E-state index in [1.807, 2.05) is 7.05 Å². The number of allylic oxidation sites excluding steroid dienone is 2. The third-order valence-electron chi connectivity index (χ3n) is 1.68. The van der Waals surface area contributed by atoms with Crippen LogP contribution in [0.5, 0.6) is 0 Å². The molecule has 1 heteroatoms. The number of likely N-dealkylation sites (N-methyl/N-ethyl adjacent to an activating group) is 1. The van der Waals surface area contributed by atoms with Crippen molar-refractivity contribution in [3.63, 3.8) is 0 Å². The topological polar surface area (TPSA) is 12.0 Å². The van der Waals surface area contributed by atoms with Crippen molar-refractivity contribution in [1.82, 2.24) is 5.32 Å². The first-order valence-electron chi connectivity index (χ1n) is 3.40. The van der Waals surface area contributed by atoms with Crippen LogP contribution in [0.1, 0.15) is 19.3 Å². The molecule has 0 heterocycles. The largest absolute Gasteiger partial charge is 0.388 e. The lowest BCUT2D eigenvalue weighted by molar-refractivity contribution is 0.771. The van der Waals surface area contributed by atoms with Crippen molar-refractivity contribution in [1.29, 1.82) is 0 Å².